The molecule has 0 saturated carbocycles. The van der Waals surface area contributed by atoms with Gasteiger partial charge in [0.2, 0.25) is 0 Å². The van der Waals surface area contributed by atoms with Gasteiger partial charge in [-0.2, -0.15) is 0 Å². The van der Waals surface area contributed by atoms with Gasteiger partial charge in [-0.25, -0.2) is 4.99 Å². The van der Waals surface area contributed by atoms with Crippen molar-refractivity contribution in [3.05, 3.63) is 48.2 Å². The van der Waals surface area contributed by atoms with Gasteiger partial charge >= 0.3 is 5.97 Å². The van der Waals surface area contributed by atoms with Crippen LogP contribution in [-0.4, -0.2) is 34.8 Å². The number of furan rings is 1. The molecule has 0 fully saturated rings. The maximum Gasteiger partial charge on any atom is 0.313 e. The summed E-state index contributed by atoms with van der Waals surface area (Å²) in [7, 11) is 1.61. The molecule has 2 aromatic rings. The summed E-state index contributed by atoms with van der Waals surface area (Å²) in [5, 5.41) is 9.29. The van der Waals surface area contributed by atoms with Crippen LogP contribution in [0.25, 0.3) is 11.3 Å². The summed E-state index contributed by atoms with van der Waals surface area (Å²) in [5.74, 6) is 0.531. The number of thioether (sulfide) groups is 1. The van der Waals surface area contributed by atoms with Gasteiger partial charge in [0.05, 0.1) is 11.5 Å². The van der Waals surface area contributed by atoms with Gasteiger partial charge in [-0.3, -0.25) is 9.79 Å². The number of carbonyl (C=O) groups is 1. The van der Waals surface area contributed by atoms with Crippen LogP contribution in [0.4, 0.5) is 0 Å². The lowest BCUT2D eigenvalue weighted by atomic mass is 10.1. The number of nitrogens with zero attached hydrogens (tertiary/aromatic N) is 2. The third-order valence-electron chi connectivity index (χ3n) is 3.46. The summed E-state index contributed by atoms with van der Waals surface area (Å²) in [4.78, 5) is 19.4. The second kappa shape index (κ2) is 9.84. The third-order valence-corrected chi connectivity index (χ3v) is 4.39. The maximum atomic E-state index is 10.8. The number of aliphatic carboxylic acids is 1. The Labute approximate surface area is 151 Å². The van der Waals surface area contributed by atoms with Crippen molar-refractivity contribution in [2.75, 3.05) is 12.8 Å². The van der Waals surface area contributed by atoms with E-state index < -0.39 is 5.97 Å². The van der Waals surface area contributed by atoms with Crippen molar-refractivity contribution in [3.8, 4) is 11.3 Å². The van der Waals surface area contributed by atoms with Gasteiger partial charge in [-0.1, -0.05) is 55.4 Å². The standard InChI is InChI=1S/C19H22N2O3S/c1-3-4-10-15(21-19(20-2)25-13-18(22)23)17-12-11-16(24-17)14-8-6-5-7-9-14/h5-9,11-12H,3-4,10,13H2,1-2H3,(H,22,23). The van der Waals surface area contributed by atoms with Crippen LogP contribution in [0.1, 0.15) is 31.9 Å². The van der Waals surface area contributed by atoms with Crippen LogP contribution in [0, 0.1) is 0 Å². The average molecular weight is 358 g/mol. The number of unbranched alkanes of at least 4 members (excludes halogenated alkanes) is 1. The Morgan fingerprint density at radius 1 is 1.20 bits per heavy atom. The first-order chi connectivity index (χ1) is 12.1. The van der Waals surface area contributed by atoms with Gasteiger partial charge in [-0.15, -0.1) is 0 Å². The zero-order valence-electron chi connectivity index (χ0n) is 14.4. The van der Waals surface area contributed by atoms with Crippen molar-refractivity contribution in [3.63, 3.8) is 0 Å². The number of amidine groups is 1. The highest BCUT2D eigenvalue weighted by molar-refractivity contribution is 8.14. The van der Waals surface area contributed by atoms with Crippen LogP contribution >= 0.6 is 11.8 Å². The predicted molar refractivity (Wildman–Crippen MR) is 104 cm³/mol. The van der Waals surface area contributed by atoms with Gasteiger partial charge < -0.3 is 9.52 Å². The zero-order valence-corrected chi connectivity index (χ0v) is 15.3. The Hall–Kier alpha value is -2.34. The lowest BCUT2D eigenvalue weighted by molar-refractivity contribution is -0.133. The van der Waals surface area contributed by atoms with Gasteiger partial charge in [-0.05, 0) is 25.0 Å². The molecule has 1 heterocycles. The summed E-state index contributed by atoms with van der Waals surface area (Å²) in [5.41, 5.74) is 1.80. The molecule has 2 rings (SSSR count). The molecule has 25 heavy (non-hydrogen) atoms. The summed E-state index contributed by atoms with van der Waals surface area (Å²) < 4.78 is 5.99. The maximum absolute atomic E-state index is 10.8. The van der Waals surface area contributed by atoms with Crippen molar-refractivity contribution in [2.45, 2.75) is 26.2 Å². The highest BCUT2D eigenvalue weighted by Gasteiger charge is 2.12. The average Bonchev–Trinajstić information content (AvgIpc) is 3.12. The van der Waals surface area contributed by atoms with E-state index >= 15 is 0 Å². The fourth-order valence-electron chi connectivity index (χ4n) is 2.22. The Morgan fingerprint density at radius 2 is 1.96 bits per heavy atom. The molecule has 0 unspecified atom stereocenters. The van der Waals surface area contributed by atoms with Gasteiger partial charge in [0.1, 0.15) is 11.5 Å². The van der Waals surface area contributed by atoms with Crippen LogP contribution in [0.2, 0.25) is 0 Å². The van der Waals surface area contributed by atoms with E-state index in [0.29, 0.717) is 10.9 Å². The molecule has 1 aromatic carbocycles. The molecule has 0 saturated heterocycles. The summed E-state index contributed by atoms with van der Waals surface area (Å²) >= 11 is 1.11. The molecule has 0 aliphatic carbocycles. The molecule has 0 spiro atoms. The molecule has 1 aromatic heterocycles. The van der Waals surface area contributed by atoms with Crippen molar-refractivity contribution < 1.29 is 14.3 Å². The molecular formula is C19H22N2O3S. The molecule has 0 aliphatic heterocycles. The highest BCUT2D eigenvalue weighted by atomic mass is 32.2. The second-order valence-electron chi connectivity index (χ2n) is 5.38. The number of hydrogen-bond donors (Lipinski definition) is 1. The number of hydrogen-bond acceptors (Lipinski definition) is 4. The second-order valence-corrected chi connectivity index (χ2v) is 6.32. The van der Waals surface area contributed by atoms with Crippen molar-refractivity contribution in [1.29, 1.82) is 0 Å². The Kier molecular flexibility index (Phi) is 7.47. The predicted octanol–water partition coefficient (Wildman–Crippen LogP) is 4.73. The molecule has 1 N–H and O–H groups in total. The largest absolute Gasteiger partial charge is 0.481 e. The van der Waals surface area contributed by atoms with Gasteiger partial charge in [0.25, 0.3) is 0 Å². The van der Waals surface area contributed by atoms with Crippen LogP contribution in [0.3, 0.4) is 0 Å². The summed E-state index contributed by atoms with van der Waals surface area (Å²) in [6.45, 7) is 2.11. The third kappa shape index (κ3) is 5.90. The summed E-state index contributed by atoms with van der Waals surface area (Å²) in [6.07, 6.45) is 2.76. The van der Waals surface area contributed by atoms with Crippen LogP contribution < -0.4 is 0 Å². The number of rotatable bonds is 7. The van der Waals surface area contributed by atoms with E-state index in [1.165, 1.54) is 0 Å². The van der Waals surface area contributed by atoms with Crippen molar-refractivity contribution >= 4 is 28.6 Å². The molecule has 6 heteroatoms. The van der Waals surface area contributed by atoms with E-state index in [1.54, 1.807) is 7.05 Å². The molecule has 0 aliphatic rings. The normalized spacial score (nSPS) is 12.4. The van der Waals surface area contributed by atoms with E-state index in [2.05, 4.69) is 16.9 Å². The Bertz CT molecular complexity index is 751. The van der Waals surface area contributed by atoms with E-state index in [9.17, 15) is 4.79 Å². The zero-order chi connectivity index (χ0) is 18.1. The number of carboxylic acids is 1. The Balaban J connectivity index is 2.26. The molecule has 0 amide bonds. The monoisotopic (exact) mass is 358 g/mol. The lowest BCUT2D eigenvalue weighted by Gasteiger charge is -2.05. The van der Waals surface area contributed by atoms with Gasteiger partial charge in [0, 0.05) is 12.6 Å². The Morgan fingerprint density at radius 3 is 2.60 bits per heavy atom. The van der Waals surface area contributed by atoms with E-state index in [-0.39, 0.29) is 5.75 Å². The minimum absolute atomic E-state index is 0.0648. The van der Waals surface area contributed by atoms with Gasteiger partial charge in [0.15, 0.2) is 5.17 Å². The van der Waals surface area contributed by atoms with Crippen LogP contribution in [-0.2, 0) is 4.79 Å². The molecule has 5 nitrogen and oxygen atoms in total. The number of carboxylic acid groups (broad SMARTS) is 1. The first kappa shape index (κ1) is 19.0. The molecular weight excluding hydrogens is 336 g/mol. The fourth-order valence-corrected chi connectivity index (χ4v) is 2.77. The smallest absolute Gasteiger partial charge is 0.313 e. The minimum atomic E-state index is -0.888. The topological polar surface area (TPSA) is 75.2 Å². The molecule has 0 atom stereocenters. The quantitative estimate of drug-likeness (QED) is 0.573. The SMILES string of the molecule is CCCCC(=NC(=NC)SCC(=O)O)c1ccc(-c2ccccc2)o1. The minimum Gasteiger partial charge on any atom is -0.481 e. The van der Waals surface area contributed by atoms with Crippen molar-refractivity contribution in [2.24, 2.45) is 9.98 Å². The van der Waals surface area contributed by atoms with Crippen LogP contribution in [0.5, 0.6) is 0 Å². The molecule has 0 radical (unpaired) electrons. The van der Waals surface area contributed by atoms with E-state index in [4.69, 9.17) is 9.52 Å². The number of aliphatic imine (C=N–C) groups is 2. The first-order valence-corrected chi connectivity index (χ1v) is 9.17. The summed E-state index contributed by atoms with van der Waals surface area (Å²) in [6, 6.07) is 13.7. The fraction of sp³-hybridized carbons (Fsp3) is 0.316. The number of benzene rings is 1. The lowest BCUT2D eigenvalue weighted by Crippen LogP contribution is -2.06. The van der Waals surface area contributed by atoms with E-state index in [1.807, 2.05) is 42.5 Å². The highest BCUT2D eigenvalue weighted by Crippen LogP contribution is 2.23. The van der Waals surface area contributed by atoms with E-state index in [0.717, 1.165) is 48.1 Å². The van der Waals surface area contributed by atoms with Crippen LogP contribution in [0.15, 0.2) is 56.9 Å². The molecule has 0 bridgehead atoms. The van der Waals surface area contributed by atoms with Crippen molar-refractivity contribution in [1.82, 2.24) is 0 Å². The first-order valence-electron chi connectivity index (χ1n) is 8.18. The molecule has 132 valence electrons.